The molecule has 5 heteroatoms. The Balaban J connectivity index is 2.25. The molecule has 0 saturated heterocycles. The second-order valence-corrected chi connectivity index (χ2v) is 5.72. The molecule has 0 saturated carbocycles. The van der Waals surface area contributed by atoms with Gasteiger partial charge >= 0.3 is 0 Å². The number of halogens is 1. The van der Waals surface area contributed by atoms with Crippen LogP contribution < -0.4 is 4.74 Å². The molecule has 0 atom stereocenters. The SMILES string of the molecule is CC(C)Oc1cncc(C(=O)c2ccc(Cl)s2)c1. The van der Waals surface area contributed by atoms with Crippen molar-refractivity contribution in [2.75, 3.05) is 0 Å². The molecule has 2 heterocycles. The molecular formula is C13H12ClNO2S. The van der Waals surface area contributed by atoms with E-state index in [1.807, 2.05) is 13.8 Å². The molecule has 18 heavy (non-hydrogen) atoms. The number of ketones is 1. The summed E-state index contributed by atoms with van der Waals surface area (Å²) in [4.78, 5) is 16.8. The summed E-state index contributed by atoms with van der Waals surface area (Å²) < 4.78 is 6.11. The number of carbonyl (C=O) groups is 1. The number of thiophene rings is 1. The molecule has 0 aliphatic heterocycles. The summed E-state index contributed by atoms with van der Waals surface area (Å²) in [5, 5.41) is 0. The number of rotatable bonds is 4. The van der Waals surface area contributed by atoms with Crippen molar-refractivity contribution in [1.82, 2.24) is 4.98 Å². The lowest BCUT2D eigenvalue weighted by atomic mass is 10.1. The first kappa shape index (κ1) is 13.1. The van der Waals surface area contributed by atoms with Gasteiger partial charge in [0.05, 0.1) is 21.5 Å². The van der Waals surface area contributed by atoms with E-state index in [2.05, 4.69) is 4.98 Å². The minimum absolute atomic E-state index is 0.0494. The Bertz CT molecular complexity index is 566. The Morgan fingerprint density at radius 1 is 1.39 bits per heavy atom. The molecule has 0 aliphatic carbocycles. The Hall–Kier alpha value is -1.39. The van der Waals surface area contributed by atoms with Gasteiger partial charge in [-0.05, 0) is 32.0 Å². The molecule has 0 aromatic carbocycles. The zero-order valence-corrected chi connectivity index (χ0v) is 11.6. The van der Waals surface area contributed by atoms with E-state index in [0.29, 0.717) is 20.5 Å². The second-order valence-electron chi connectivity index (χ2n) is 4.01. The van der Waals surface area contributed by atoms with Gasteiger partial charge in [0.25, 0.3) is 0 Å². The van der Waals surface area contributed by atoms with Crippen molar-refractivity contribution in [3.63, 3.8) is 0 Å². The minimum Gasteiger partial charge on any atom is -0.489 e. The molecular weight excluding hydrogens is 270 g/mol. The first-order chi connectivity index (χ1) is 8.56. The maximum absolute atomic E-state index is 12.2. The highest BCUT2D eigenvalue weighted by Gasteiger charge is 2.13. The van der Waals surface area contributed by atoms with Crippen LogP contribution in [0.2, 0.25) is 4.34 Å². The van der Waals surface area contributed by atoms with Crippen molar-refractivity contribution in [3.05, 3.63) is 45.4 Å². The number of ether oxygens (including phenoxy) is 1. The summed E-state index contributed by atoms with van der Waals surface area (Å²) in [5.74, 6) is 0.507. The van der Waals surface area contributed by atoms with Crippen LogP contribution in [0, 0.1) is 0 Å². The molecule has 0 amide bonds. The highest BCUT2D eigenvalue weighted by atomic mass is 35.5. The molecule has 2 aromatic heterocycles. The quantitative estimate of drug-likeness (QED) is 0.800. The van der Waals surface area contributed by atoms with E-state index in [0.717, 1.165) is 0 Å². The molecule has 0 aliphatic rings. The van der Waals surface area contributed by atoms with Gasteiger partial charge in [-0.2, -0.15) is 0 Å². The average molecular weight is 282 g/mol. The monoisotopic (exact) mass is 281 g/mol. The molecule has 94 valence electrons. The Kier molecular flexibility index (Phi) is 3.99. The van der Waals surface area contributed by atoms with Crippen LogP contribution in [0.4, 0.5) is 0 Å². The third-order valence-corrected chi connectivity index (χ3v) is 3.37. The number of pyridine rings is 1. The summed E-state index contributed by atoms with van der Waals surface area (Å²) in [6.07, 6.45) is 3.18. The first-order valence-corrected chi connectivity index (χ1v) is 6.67. The fourth-order valence-corrected chi connectivity index (χ4v) is 2.46. The van der Waals surface area contributed by atoms with E-state index in [9.17, 15) is 4.79 Å². The molecule has 0 fully saturated rings. The molecule has 0 unspecified atom stereocenters. The molecule has 2 rings (SSSR count). The van der Waals surface area contributed by atoms with Gasteiger partial charge < -0.3 is 4.74 Å². The zero-order chi connectivity index (χ0) is 13.1. The second kappa shape index (κ2) is 5.50. The van der Waals surface area contributed by atoms with E-state index < -0.39 is 0 Å². The van der Waals surface area contributed by atoms with Gasteiger partial charge in [0, 0.05) is 11.8 Å². The van der Waals surface area contributed by atoms with Crippen LogP contribution in [0.15, 0.2) is 30.6 Å². The van der Waals surface area contributed by atoms with Crippen LogP contribution in [0.1, 0.15) is 29.1 Å². The molecule has 0 N–H and O–H groups in total. The largest absolute Gasteiger partial charge is 0.489 e. The zero-order valence-electron chi connectivity index (χ0n) is 10.0. The predicted octanol–water partition coefficient (Wildman–Crippen LogP) is 3.81. The first-order valence-electron chi connectivity index (χ1n) is 5.48. The fraction of sp³-hybridized carbons (Fsp3) is 0.231. The number of nitrogens with zero attached hydrogens (tertiary/aromatic N) is 1. The normalized spacial score (nSPS) is 10.7. The van der Waals surface area contributed by atoms with Crippen molar-refractivity contribution >= 4 is 28.7 Å². The number of aromatic nitrogens is 1. The van der Waals surface area contributed by atoms with Gasteiger partial charge in [-0.25, -0.2) is 0 Å². The molecule has 0 spiro atoms. The molecule has 0 bridgehead atoms. The van der Waals surface area contributed by atoms with Crippen LogP contribution in [0.5, 0.6) is 5.75 Å². The highest BCUT2D eigenvalue weighted by molar-refractivity contribution is 7.18. The number of hydrogen-bond donors (Lipinski definition) is 0. The Morgan fingerprint density at radius 2 is 2.17 bits per heavy atom. The summed E-state index contributed by atoms with van der Waals surface area (Å²) in [5.41, 5.74) is 0.506. The lowest BCUT2D eigenvalue weighted by molar-refractivity contribution is 0.104. The van der Waals surface area contributed by atoms with Gasteiger partial charge in [0.2, 0.25) is 5.78 Å². The smallest absolute Gasteiger partial charge is 0.204 e. The minimum atomic E-state index is -0.0893. The van der Waals surface area contributed by atoms with Crippen LogP contribution in [-0.4, -0.2) is 16.9 Å². The van der Waals surface area contributed by atoms with Gasteiger partial charge in [0.1, 0.15) is 5.75 Å². The third-order valence-electron chi connectivity index (χ3n) is 2.14. The molecule has 0 radical (unpaired) electrons. The fourth-order valence-electron chi connectivity index (χ4n) is 1.46. The van der Waals surface area contributed by atoms with Gasteiger partial charge in [-0.3, -0.25) is 9.78 Å². The van der Waals surface area contributed by atoms with E-state index in [1.165, 1.54) is 17.5 Å². The van der Waals surface area contributed by atoms with Crippen LogP contribution in [-0.2, 0) is 0 Å². The van der Waals surface area contributed by atoms with Gasteiger partial charge in [-0.15, -0.1) is 11.3 Å². The lowest BCUT2D eigenvalue weighted by Crippen LogP contribution is -2.07. The Morgan fingerprint density at radius 3 is 2.78 bits per heavy atom. The maximum Gasteiger partial charge on any atom is 0.204 e. The maximum atomic E-state index is 12.2. The van der Waals surface area contributed by atoms with Crippen molar-refractivity contribution in [2.45, 2.75) is 20.0 Å². The van der Waals surface area contributed by atoms with E-state index in [1.54, 1.807) is 24.4 Å². The van der Waals surface area contributed by atoms with Crippen molar-refractivity contribution < 1.29 is 9.53 Å². The summed E-state index contributed by atoms with van der Waals surface area (Å²) in [6.45, 7) is 3.85. The number of carbonyl (C=O) groups excluding carboxylic acids is 1. The van der Waals surface area contributed by atoms with Crippen LogP contribution in [0.3, 0.4) is 0 Å². The predicted molar refractivity (Wildman–Crippen MR) is 72.8 cm³/mol. The molecule has 3 nitrogen and oxygen atoms in total. The topological polar surface area (TPSA) is 39.2 Å². The van der Waals surface area contributed by atoms with E-state index in [4.69, 9.17) is 16.3 Å². The highest BCUT2D eigenvalue weighted by Crippen LogP contribution is 2.24. The summed E-state index contributed by atoms with van der Waals surface area (Å²) in [7, 11) is 0. The van der Waals surface area contributed by atoms with Crippen LogP contribution >= 0.6 is 22.9 Å². The van der Waals surface area contributed by atoms with Crippen molar-refractivity contribution in [3.8, 4) is 5.75 Å². The van der Waals surface area contributed by atoms with Gasteiger partial charge in [0.15, 0.2) is 0 Å². The molecule has 2 aromatic rings. The van der Waals surface area contributed by atoms with E-state index >= 15 is 0 Å². The van der Waals surface area contributed by atoms with Gasteiger partial charge in [-0.1, -0.05) is 11.6 Å². The van der Waals surface area contributed by atoms with Crippen molar-refractivity contribution in [2.24, 2.45) is 0 Å². The lowest BCUT2D eigenvalue weighted by Gasteiger charge is -2.09. The number of hydrogen-bond acceptors (Lipinski definition) is 4. The van der Waals surface area contributed by atoms with E-state index in [-0.39, 0.29) is 11.9 Å². The average Bonchev–Trinajstić information content (AvgIpc) is 2.74. The summed E-state index contributed by atoms with van der Waals surface area (Å²) in [6, 6.07) is 5.12. The van der Waals surface area contributed by atoms with Crippen molar-refractivity contribution in [1.29, 1.82) is 0 Å². The Labute approximate surface area is 114 Å². The standard InChI is InChI=1S/C13H12ClNO2S/c1-8(2)17-10-5-9(6-15-7-10)13(16)11-3-4-12(14)18-11/h3-8H,1-2H3. The summed E-state index contributed by atoms with van der Waals surface area (Å²) >= 11 is 7.08. The third kappa shape index (κ3) is 3.09. The van der Waals surface area contributed by atoms with Crippen LogP contribution in [0.25, 0.3) is 0 Å².